The number of benzene rings is 2. The van der Waals surface area contributed by atoms with Gasteiger partial charge >= 0.3 is 0 Å². The summed E-state index contributed by atoms with van der Waals surface area (Å²) in [4.78, 5) is 32.3. The number of hydrogen-bond acceptors (Lipinski definition) is 3. The Kier molecular flexibility index (Phi) is 5.33. The fraction of sp³-hybridized carbons (Fsp3) is 0.391. The van der Waals surface area contributed by atoms with Crippen molar-refractivity contribution >= 4 is 17.5 Å². The van der Waals surface area contributed by atoms with E-state index in [4.69, 9.17) is 0 Å². The van der Waals surface area contributed by atoms with Gasteiger partial charge in [-0.3, -0.25) is 9.59 Å². The molecular formula is C23H27N3O2. The van der Waals surface area contributed by atoms with Gasteiger partial charge < -0.3 is 14.7 Å². The van der Waals surface area contributed by atoms with Crippen LogP contribution in [0.3, 0.4) is 0 Å². The predicted molar refractivity (Wildman–Crippen MR) is 110 cm³/mol. The van der Waals surface area contributed by atoms with Crippen molar-refractivity contribution in [2.24, 2.45) is 0 Å². The molecule has 0 unspecified atom stereocenters. The van der Waals surface area contributed by atoms with Crippen LogP contribution >= 0.6 is 0 Å². The summed E-state index contributed by atoms with van der Waals surface area (Å²) >= 11 is 0. The van der Waals surface area contributed by atoms with Crippen LogP contribution in [0.4, 0.5) is 5.69 Å². The van der Waals surface area contributed by atoms with Gasteiger partial charge in [0.25, 0.3) is 0 Å². The van der Waals surface area contributed by atoms with Gasteiger partial charge in [0.15, 0.2) is 0 Å². The lowest BCUT2D eigenvalue weighted by Crippen LogP contribution is -2.54. The van der Waals surface area contributed by atoms with Crippen LogP contribution in [-0.2, 0) is 16.0 Å². The first-order valence-corrected chi connectivity index (χ1v) is 10.1. The zero-order valence-electron chi connectivity index (χ0n) is 16.4. The number of carbonyl (C=O) groups is 2. The zero-order valence-corrected chi connectivity index (χ0v) is 16.4. The van der Waals surface area contributed by atoms with E-state index in [-0.39, 0.29) is 11.8 Å². The van der Waals surface area contributed by atoms with Crippen LogP contribution in [0.5, 0.6) is 0 Å². The summed E-state index contributed by atoms with van der Waals surface area (Å²) in [7, 11) is 0. The van der Waals surface area contributed by atoms with Crippen LogP contribution in [0.2, 0.25) is 0 Å². The molecule has 0 spiro atoms. The van der Waals surface area contributed by atoms with Crippen LogP contribution in [0.25, 0.3) is 0 Å². The second-order valence-electron chi connectivity index (χ2n) is 7.51. The maximum Gasteiger partial charge on any atom is 0.250 e. The van der Waals surface area contributed by atoms with Gasteiger partial charge in [0.1, 0.15) is 6.04 Å². The molecule has 2 aliphatic rings. The van der Waals surface area contributed by atoms with Crippen LogP contribution in [-0.4, -0.2) is 54.3 Å². The molecule has 0 saturated carbocycles. The fourth-order valence-corrected chi connectivity index (χ4v) is 4.30. The van der Waals surface area contributed by atoms with E-state index in [0.29, 0.717) is 26.1 Å². The molecule has 146 valence electrons. The van der Waals surface area contributed by atoms with Gasteiger partial charge in [-0.1, -0.05) is 49.4 Å². The summed E-state index contributed by atoms with van der Waals surface area (Å²) < 4.78 is 0. The highest BCUT2D eigenvalue weighted by atomic mass is 16.2. The van der Waals surface area contributed by atoms with E-state index in [1.165, 1.54) is 5.69 Å². The molecule has 1 saturated heterocycles. The molecule has 4 rings (SSSR count). The number of piperazine rings is 1. The molecule has 5 heteroatoms. The van der Waals surface area contributed by atoms with Gasteiger partial charge in [0, 0.05) is 38.4 Å². The Morgan fingerprint density at radius 2 is 1.64 bits per heavy atom. The average molecular weight is 377 g/mol. The Balaban J connectivity index is 1.54. The Labute approximate surface area is 166 Å². The Bertz CT molecular complexity index is 844. The van der Waals surface area contributed by atoms with Gasteiger partial charge in [0.2, 0.25) is 11.8 Å². The Morgan fingerprint density at radius 3 is 2.36 bits per heavy atom. The van der Waals surface area contributed by atoms with Gasteiger partial charge in [-0.15, -0.1) is 0 Å². The number of amides is 2. The van der Waals surface area contributed by atoms with Crippen molar-refractivity contribution in [2.75, 3.05) is 37.6 Å². The first-order valence-electron chi connectivity index (χ1n) is 10.1. The highest BCUT2D eigenvalue weighted by molar-refractivity contribution is 5.92. The fourth-order valence-electron chi connectivity index (χ4n) is 4.30. The van der Waals surface area contributed by atoms with E-state index in [2.05, 4.69) is 17.0 Å². The highest BCUT2D eigenvalue weighted by Crippen LogP contribution is 2.32. The maximum atomic E-state index is 13.5. The Morgan fingerprint density at radius 1 is 0.964 bits per heavy atom. The maximum absolute atomic E-state index is 13.5. The number of anilines is 1. The van der Waals surface area contributed by atoms with E-state index < -0.39 is 6.04 Å². The minimum atomic E-state index is -0.485. The van der Waals surface area contributed by atoms with Crippen molar-refractivity contribution in [3.05, 3.63) is 65.7 Å². The minimum absolute atomic E-state index is 0.0571. The molecule has 2 aliphatic heterocycles. The number of fused-ring (bicyclic) bond motifs is 1. The van der Waals surface area contributed by atoms with Crippen molar-refractivity contribution in [1.29, 1.82) is 0 Å². The van der Waals surface area contributed by atoms with Crippen LogP contribution in [0.1, 0.15) is 30.5 Å². The summed E-state index contributed by atoms with van der Waals surface area (Å²) in [5, 5.41) is 0. The lowest BCUT2D eigenvalue weighted by molar-refractivity contribution is -0.147. The van der Waals surface area contributed by atoms with Crippen molar-refractivity contribution < 1.29 is 9.59 Å². The second kappa shape index (κ2) is 8.05. The van der Waals surface area contributed by atoms with Gasteiger partial charge in [0.05, 0.1) is 6.42 Å². The van der Waals surface area contributed by atoms with E-state index in [9.17, 15) is 9.59 Å². The quantitative estimate of drug-likeness (QED) is 0.823. The van der Waals surface area contributed by atoms with E-state index in [1.54, 1.807) is 4.90 Å². The molecule has 2 heterocycles. The topological polar surface area (TPSA) is 43.9 Å². The van der Waals surface area contributed by atoms with E-state index in [0.717, 1.165) is 30.6 Å². The molecule has 2 aromatic carbocycles. The highest BCUT2D eigenvalue weighted by Gasteiger charge is 2.39. The van der Waals surface area contributed by atoms with Crippen LogP contribution < -0.4 is 4.90 Å². The average Bonchev–Trinajstić information content (AvgIpc) is 2.75. The predicted octanol–water partition coefficient (Wildman–Crippen LogP) is 2.87. The number of nitrogens with zero attached hydrogens (tertiary/aromatic N) is 3. The molecule has 0 aliphatic carbocycles. The molecule has 0 aromatic heterocycles. The first kappa shape index (κ1) is 18.5. The van der Waals surface area contributed by atoms with E-state index in [1.807, 2.05) is 54.3 Å². The summed E-state index contributed by atoms with van der Waals surface area (Å²) in [6.45, 7) is 5.65. The summed E-state index contributed by atoms with van der Waals surface area (Å²) in [5.41, 5.74) is 3.17. The van der Waals surface area contributed by atoms with Crippen molar-refractivity contribution in [3.63, 3.8) is 0 Å². The first-order chi connectivity index (χ1) is 13.7. The number of hydrogen-bond donors (Lipinski definition) is 0. The summed E-state index contributed by atoms with van der Waals surface area (Å²) in [6.07, 6.45) is 1.24. The third kappa shape index (κ3) is 3.49. The summed E-state index contributed by atoms with van der Waals surface area (Å²) in [6, 6.07) is 17.7. The molecule has 0 N–H and O–H groups in total. The lowest BCUT2D eigenvalue weighted by atomic mass is 9.91. The largest absolute Gasteiger partial charge is 0.368 e. The monoisotopic (exact) mass is 377 g/mol. The zero-order chi connectivity index (χ0) is 19.5. The lowest BCUT2D eigenvalue weighted by Gasteiger charge is -2.42. The number of rotatable bonds is 4. The third-order valence-corrected chi connectivity index (χ3v) is 5.73. The molecule has 0 bridgehead atoms. The minimum Gasteiger partial charge on any atom is -0.368 e. The molecule has 1 fully saturated rings. The Hall–Kier alpha value is -2.82. The molecule has 2 aromatic rings. The van der Waals surface area contributed by atoms with Crippen LogP contribution in [0.15, 0.2) is 54.6 Å². The number of para-hydroxylation sites is 1. The van der Waals surface area contributed by atoms with Gasteiger partial charge in [-0.2, -0.15) is 0 Å². The van der Waals surface area contributed by atoms with Crippen LogP contribution in [0, 0.1) is 0 Å². The summed E-state index contributed by atoms with van der Waals surface area (Å²) in [5.74, 6) is 0.114. The molecule has 28 heavy (non-hydrogen) atoms. The standard InChI is InChI=1S/C23H27N3O2/c1-2-12-26-21(27)17-18-8-6-7-11-20(18)22(26)23(28)25-15-13-24(14-16-25)19-9-4-3-5-10-19/h3-11,22H,2,12-17H2,1H3/t22-/m0/s1. The third-order valence-electron chi connectivity index (χ3n) is 5.73. The smallest absolute Gasteiger partial charge is 0.250 e. The molecular weight excluding hydrogens is 350 g/mol. The van der Waals surface area contributed by atoms with Crippen molar-refractivity contribution in [2.45, 2.75) is 25.8 Å². The van der Waals surface area contributed by atoms with Gasteiger partial charge in [-0.25, -0.2) is 0 Å². The molecule has 1 atom stereocenters. The van der Waals surface area contributed by atoms with Crippen molar-refractivity contribution in [3.8, 4) is 0 Å². The van der Waals surface area contributed by atoms with Gasteiger partial charge in [-0.05, 0) is 29.7 Å². The molecule has 0 radical (unpaired) electrons. The molecule has 2 amide bonds. The van der Waals surface area contributed by atoms with E-state index >= 15 is 0 Å². The van der Waals surface area contributed by atoms with Crippen molar-refractivity contribution in [1.82, 2.24) is 9.80 Å². The second-order valence-corrected chi connectivity index (χ2v) is 7.51. The SMILES string of the molecule is CCCN1C(=O)Cc2ccccc2[C@H]1C(=O)N1CCN(c2ccccc2)CC1. The normalized spacial score (nSPS) is 19.5. The number of carbonyl (C=O) groups excluding carboxylic acids is 2. The molecule has 5 nitrogen and oxygen atoms in total.